The highest BCUT2D eigenvalue weighted by molar-refractivity contribution is 6.31. The largest absolute Gasteiger partial charge is 0.493 e. The van der Waals surface area contributed by atoms with Crippen molar-refractivity contribution in [2.24, 2.45) is 5.92 Å². The smallest absolute Gasteiger partial charge is 0.125 e. The van der Waals surface area contributed by atoms with Gasteiger partial charge in [-0.1, -0.05) is 17.7 Å². The second-order valence-corrected chi connectivity index (χ2v) is 6.48. The monoisotopic (exact) mass is 267 g/mol. The summed E-state index contributed by atoms with van der Waals surface area (Å²) in [5.41, 5.74) is 1.14. The molecule has 100 valence electrons. The molecule has 0 aliphatic heterocycles. The number of halogens is 1. The summed E-state index contributed by atoms with van der Waals surface area (Å²) < 4.78 is 5.88. The van der Waals surface area contributed by atoms with E-state index >= 15 is 0 Å². The summed E-state index contributed by atoms with van der Waals surface area (Å²) in [4.78, 5) is 0. The third-order valence-corrected chi connectivity index (χ3v) is 3.40. The zero-order valence-electron chi connectivity index (χ0n) is 11.4. The van der Waals surface area contributed by atoms with Crippen molar-refractivity contribution in [2.75, 3.05) is 6.61 Å². The van der Waals surface area contributed by atoms with Crippen molar-refractivity contribution in [1.29, 1.82) is 0 Å². The minimum absolute atomic E-state index is 0.0763. The maximum Gasteiger partial charge on any atom is 0.125 e. The SMILES string of the molecule is CC(C)(C)NCc1c(Cl)cccc1OCC1CC1. The van der Waals surface area contributed by atoms with Crippen LogP contribution in [0.1, 0.15) is 39.2 Å². The number of ether oxygens (including phenoxy) is 1. The summed E-state index contributed by atoms with van der Waals surface area (Å²) >= 11 is 6.27. The molecule has 0 amide bonds. The van der Waals surface area contributed by atoms with Crippen molar-refractivity contribution in [2.45, 2.75) is 45.7 Å². The van der Waals surface area contributed by atoms with Crippen LogP contribution in [0.4, 0.5) is 0 Å². The standard InChI is InChI=1S/C15H22ClNO/c1-15(2,3)17-9-12-13(16)5-4-6-14(12)18-10-11-7-8-11/h4-6,11,17H,7-10H2,1-3H3. The first-order valence-corrected chi connectivity index (χ1v) is 6.99. The number of benzene rings is 1. The lowest BCUT2D eigenvalue weighted by molar-refractivity contribution is 0.294. The Labute approximate surface area is 115 Å². The molecule has 0 bridgehead atoms. The van der Waals surface area contributed by atoms with Crippen LogP contribution in [-0.2, 0) is 6.54 Å². The molecule has 0 aromatic heterocycles. The summed E-state index contributed by atoms with van der Waals surface area (Å²) in [6, 6.07) is 5.88. The van der Waals surface area contributed by atoms with Crippen molar-refractivity contribution in [3.63, 3.8) is 0 Å². The molecule has 1 aromatic rings. The van der Waals surface area contributed by atoms with Gasteiger partial charge in [-0.2, -0.15) is 0 Å². The Bertz CT molecular complexity index is 407. The fourth-order valence-corrected chi connectivity index (χ4v) is 1.92. The Morgan fingerprint density at radius 1 is 1.33 bits per heavy atom. The van der Waals surface area contributed by atoms with Crippen LogP contribution in [-0.4, -0.2) is 12.1 Å². The molecular weight excluding hydrogens is 246 g/mol. The number of nitrogens with one attached hydrogen (secondary N) is 1. The van der Waals surface area contributed by atoms with E-state index in [1.807, 2.05) is 18.2 Å². The average molecular weight is 268 g/mol. The highest BCUT2D eigenvalue weighted by atomic mass is 35.5. The number of rotatable bonds is 5. The summed E-state index contributed by atoms with van der Waals surface area (Å²) in [5, 5.41) is 4.24. The third kappa shape index (κ3) is 4.18. The second-order valence-electron chi connectivity index (χ2n) is 6.07. The van der Waals surface area contributed by atoms with Gasteiger partial charge in [-0.25, -0.2) is 0 Å². The van der Waals surface area contributed by atoms with Gasteiger partial charge in [-0.05, 0) is 51.7 Å². The molecule has 0 unspecified atom stereocenters. The molecule has 18 heavy (non-hydrogen) atoms. The minimum Gasteiger partial charge on any atom is -0.493 e. The molecule has 0 spiro atoms. The molecule has 1 aliphatic rings. The molecule has 1 aromatic carbocycles. The van der Waals surface area contributed by atoms with E-state index < -0.39 is 0 Å². The Morgan fingerprint density at radius 3 is 2.67 bits per heavy atom. The van der Waals surface area contributed by atoms with Crippen LogP contribution >= 0.6 is 11.6 Å². The summed E-state index contributed by atoms with van der Waals surface area (Å²) in [7, 11) is 0. The molecule has 1 N–H and O–H groups in total. The van der Waals surface area contributed by atoms with Gasteiger partial charge in [0.2, 0.25) is 0 Å². The van der Waals surface area contributed by atoms with E-state index in [9.17, 15) is 0 Å². The second kappa shape index (κ2) is 5.50. The van der Waals surface area contributed by atoms with Crippen LogP contribution in [0.5, 0.6) is 5.75 Å². The number of hydrogen-bond acceptors (Lipinski definition) is 2. The van der Waals surface area contributed by atoms with E-state index in [0.717, 1.165) is 35.4 Å². The van der Waals surface area contributed by atoms with Gasteiger partial charge >= 0.3 is 0 Å². The molecular formula is C15H22ClNO. The highest BCUT2D eigenvalue weighted by Crippen LogP contribution is 2.32. The maximum absolute atomic E-state index is 6.27. The zero-order valence-corrected chi connectivity index (χ0v) is 12.2. The first kappa shape index (κ1) is 13.7. The minimum atomic E-state index is 0.0763. The fraction of sp³-hybridized carbons (Fsp3) is 0.600. The average Bonchev–Trinajstić information content (AvgIpc) is 3.07. The van der Waals surface area contributed by atoms with Crippen molar-refractivity contribution < 1.29 is 4.74 Å². The van der Waals surface area contributed by atoms with E-state index in [2.05, 4.69) is 26.1 Å². The van der Waals surface area contributed by atoms with Gasteiger partial charge in [0.25, 0.3) is 0 Å². The third-order valence-electron chi connectivity index (χ3n) is 3.04. The molecule has 1 aliphatic carbocycles. The molecule has 0 radical (unpaired) electrons. The lowest BCUT2D eigenvalue weighted by atomic mass is 10.1. The highest BCUT2D eigenvalue weighted by Gasteiger charge is 2.22. The van der Waals surface area contributed by atoms with Crippen molar-refractivity contribution in [3.05, 3.63) is 28.8 Å². The first-order chi connectivity index (χ1) is 8.46. The van der Waals surface area contributed by atoms with Crippen LogP contribution < -0.4 is 10.1 Å². The van der Waals surface area contributed by atoms with Crippen molar-refractivity contribution in [1.82, 2.24) is 5.32 Å². The molecule has 0 atom stereocenters. The van der Waals surface area contributed by atoms with Gasteiger partial charge in [-0.3, -0.25) is 0 Å². The van der Waals surface area contributed by atoms with Gasteiger partial charge in [0.15, 0.2) is 0 Å². The van der Waals surface area contributed by atoms with E-state index in [1.165, 1.54) is 12.8 Å². The Hall–Kier alpha value is -0.730. The van der Waals surface area contributed by atoms with Gasteiger partial charge in [-0.15, -0.1) is 0 Å². The molecule has 3 heteroatoms. The lowest BCUT2D eigenvalue weighted by Gasteiger charge is -2.22. The zero-order chi connectivity index (χ0) is 13.2. The van der Waals surface area contributed by atoms with Gasteiger partial charge in [0, 0.05) is 22.7 Å². The van der Waals surface area contributed by atoms with Gasteiger partial charge in [0.05, 0.1) is 6.61 Å². The summed E-state index contributed by atoms with van der Waals surface area (Å²) in [5.74, 6) is 1.68. The van der Waals surface area contributed by atoms with Crippen molar-refractivity contribution in [3.8, 4) is 5.75 Å². The Balaban J connectivity index is 2.04. The molecule has 1 saturated carbocycles. The molecule has 0 heterocycles. The molecule has 1 fully saturated rings. The maximum atomic E-state index is 6.27. The van der Waals surface area contributed by atoms with E-state index in [4.69, 9.17) is 16.3 Å². The van der Waals surface area contributed by atoms with E-state index in [0.29, 0.717) is 0 Å². The lowest BCUT2D eigenvalue weighted by Crippen LogP contribution is -2.35. The fourth-order valence-electron chi connectivity index (χ4n) is 1.69. The first-order valence-electron chi connectivity index (χ1n) is 6.61. The molecule has 2 rings (SSSR count). The predicted octanol–water partition coefficient (Wildman–Crippen LogP) is 4.02. The quantitative estimate of drug-likeness (QED) is 0.870. The van der Waals surface area contributed by atoms with Crippen LogP contribution in [0.3, 0.4) is 0 Å². The summed E-state index contributed by atoms with van der Waals surface area (Å²) in [6.45, 7) is 8.00. The Kier molecular flexibility index (Phi) is 4.18. The van der Waals surface area contributed by atoms with Crippen LogP contribution in [0.2, 0.25) is 5.02 Å². The predicted molar refractivity (Wildman–Crippen MR) is 76.3 cm³/mol. The van der Waals surface area contributed by atoms with Crippen LogP contribution in [0, 0.1) is 5.92 Å². The normalized spacial score (nSPS) is 15.8. The summed E-state index contributed by atoms with van der Waals surface area (Å²) in [6.07, 6.45) is 2.60. The van der Waals surface area contributed by atoms with Gasteiger partial charge in [0.1, 0.15) is 5.75 Å². The van der Waals surface area contributed by atoms with Crippen LogP contribution in [0.15, 0.2) is 18.2 Å². The van der Waals surface area contributed by atoms with Crippen LogP contribution in [0.25, 0.3) is 0 Å². The number of hydrogen-bond donors (Lipinski definition) is 1. The van der Waals surface area contributed by atoms with E-state index in [-0.39, 0.29) is 5.54 Å². The van der Waals surface area contributed by atoms with Crippen molar-refractivity contribution >= 4 is 11.6 Å². The molecule has 0 saturated heterocycles. The van der Waals surface area contributed by atoms with E-state index in [1.54, 1.807) is 0 Å². The van der Waals surface area contributed by atoms with Gasteiger partial charge < -0.3 is 10.1 Å². The molecule has 2 nitrogen and oxygen atoms in total. The Morgan fingerprint density at radius 2 is 2.06 bits per heavy atom. The topological polar surface area (TPSA) is 21.3 Å².